The maximum absolute atomic E-state index is 12.3. The molecule has 0 spiro atoms. The summed E-state index contributed by atoms with van der Waals surface area (Å²) in [7, 11) is -1.57. The number of nitrogens with one attached hydrogen (secondary N) is 1. The Bertz CT molecular complexity index is 813. The average molecular weight is 376 g/mol. The average Bonchev–Trinajstić information content (AvgIpc) is 2.97. The molecule has 0 aliphatic heterocycles. The second-order valence-electron chi connectivity index (χ2n) is 6.09. The molecule has 0 saturated heterocycles. The summed E-state index contributed by atoms with van der Waals surface area (Å²) in [6.07, 6.45) is 0.421. The van der Waals surface area contributed by atoms with Gasteiger partial charge in [0.05, 0.1) is 9.77 Å². The number of aliphatic carboxylic acids is 1. The van der Waals surface area contributed by atoms with Crippen LogP contribution >= 0.6 is 11.3 Å². The molecule has 25 heavy (non-hydrogen) atoms. The molecule has 0 amide bonds. The summed E-state index contributed by atoms with van der Waals surface area (Å²) in [5.41, 5.74) is 0.823. The van der Waals surface area contributed by atoms with Crippen LogP contribution in [0.4, 0.5) is 0 Å². The van der Waals surface area contributed by atoms with E-state index in [1.807, 2.05) is 32.9 Å². The van der Waals surface area contributed by atoms with Crippen molar-refractivity contribution >= 4 is 28.3 Å². The van der Waals surface area contributed by atoms with Crippen LogP contribution in [0.3, 0.4) is 0 Å². The van der Waals surface area contributed by atoms with E-state index in [1.54, 1.807) is 35.6 Å². The van der Waals surface area contributed by atoms with Crippen LogP contribution in [-0.2, 0) is 15.8 Å². The van der Waals surface area contributed by atoms with E-state index in [-0.39, 0.29) is 5.92 Å². The monoisotopic (exact) mass is 375 g/mol. The molecule has 4 nitrogen and oxygen atoms in total. The summed E-state index contributed by atoms with van der Waals surface area (Å²) in [5, 5.41) is 9.23. The van der Waals surface area contributed by atoms with Crippen molar-refractivity contribution in [1.29, 1.82) is 0 Å². The van der Waals surface area contributed by atoms with Crippen LogP contribution in [0.1, 0.15) is 35.6 Å². The summed E-state index contributed by atoms with van der Waals surface area (Å²) in [6.45, 7) is 5.91. The van der Waals surface area contributed by atoms with E-state index in [0.29, 0.717) is 11.3 Å². The van der Waals surface area contributed by atoms with E-state index in [0.717, 1.165) is 10.4 Å². The molecule has 0 radical (unpaired) electrons. The van der Waals surface area contributed by atoms with Crippen molar-refractivity contribution in [2.45, 2.75) is 38.1 Å². The van der Waals surface area contributed by atoms with E-state index in [2.05, 4.69) is 16.6 Å². The number of rotatable bonds is 6. The lowest BCUT2D eigenvalue weighted by Crippen LogP contribution is -2.38. The maximum atomic E-state index is 12.3. The predicted molar refractivity (Wildman–Crippen MR) is 102 cm³/mol. The number of carboxylic acids is 1. The van der Waals surface area contributed by atoms with Crippen molar-refractivity contribution in [3.63, 3.8) is 0 Å². The Morgan fingerprint density at radius 1 is 1.20 bits per heavy atom. The van der Waals surface area contributed by atoms with Gasteiger partial charge in [0.25, 0.3) is 0 Å². The highest BCUT2D eigenvalue weighted by Crippen LogP contribution is 2.14. The Labute approximate surface area is 154 Å². The van der Waals surface area contributed by atoms with E-state index in [4.69, 9.17) is 0 Å². The number of hydrogen-bond donors (Lipinski definition) is 2. The summed E-state index contributed by atoms with van der Waals surface area (Å²) in [4.78, 5) is 14.0. The Hall–Kier alpha value is -1.94. The minimum Gasteiger partial charge on any atom is -0.480 e. The molecular weight excluding hydrogens is 354 g/mol. The number of carboxylic acid groups (broad SMARTS) is 1. The van der Waals surface area contributed by atoms with Crippen molar-refractivity contribution in [2.24, 2.45) is 5.92 Å². The third-order valence-electron chi connectivity index (χ3n) is 3.39. The Morgan fingerprint density at radius 3 is 2.40 bits per heavy atom. The van der Waals surface area contributed by atoms with Gasteiger partial charge in [0.1, 0.15) is 17.0 Å². The van der Waals surface area contributed by atoms with Crippen LogP contribution in [-0.4, -0.2) is 21.3 Å². The van der Waals surface area contributed by atoms with Crippen LogP contribution in [0.2, 0.25) is 0 Å². The van der Waals surface area contributed by atoms with E-state index in [1.165, 1.54) is 4.88 Å². The maximum Gasteiger partial charge on any atom is 0.321 e. The second-order valence-corrected chi connectivity index (χ2v) is 8.62. The Kier molecular flexibility index (Phi) is 6.94. The van der Waals surface area contributed by atoms with Crippen molar-refractivity contribution in [3.05, 3.63) is 51.7 Å². The standard InChI is InChI=1S/C19H21NO3S2/c1-13(2)12-18(19(21)22)20-25(23)17-10-6-15(7-11-17)5-9-16-8-4-14(3)24-16/h4,6-8,10-11,13,18,20H,12H2,1-3H3,(H,21,22). The lowest BCUT2D eigenvalue weighted by Gasteiger charge is -2.15. The van der Waals surface area contributed by atoms with Gasteiger partial charge >= 0.3 is 5.97 Å². The van der Waals surface area contributed by atoms with Crippen LogP contribution in [0.25, 0.3) is 0 Å². The normalized spacial score (nSPS) is 13.1. The molecule has 1 aromatic carbocycles. The first-order chi connectivity index (χ1) is 11.8. The highest BCUT2D eigenvalue weighted by molar-refractivity contribution is 7.83. The van der Waals surface area contributed by atoms with Gasteiger partial charge in [-0.25, -0.2) is 8.93 Å². The van der Waals surface area contributed by atoms with Gasteiger partial charge < -0.3 is 5.11 Å². The number of thiophene rings is 1. The summed E-state index contributed by atoms with van der Waals surface area (Å²) >= 11 is 1.64. The highest BCUT2D eigenvalue weighted by atomic mass is 32.2. The molecule has 0 bridgehead atoms. The van der Waals surface area contributed by atoms with Crippen LogP contribution in [0.5, 0.6) is 0 Å². The fraction of sp³-hybridized carbons (Fsp3) is 0.316. The SMILES string of the molecule is Cc1ccc(C#Cc2ccc(S(=O)NC(CC(C)C)C(=O)O)cc2)s1. The fourth-order valence-corrected chi connectivity index (χ4v) is 3.86. The van der Waals surface area contributed by atoms with Crippen molar-refractivity contribution < 1.29 is 14.1 Å². The number of carbonyl (C=O) groups is 1. The second kappa shape index (κ2) is 8.95. The Balaban J connectivity index is 2.04. The van der Waals surface area contributed by atoms with Crippen LogP contribution in [0.15, 0.2) is 41.3 Å². The molecule has 2 atom stereocenters. The molecular formula is C19H21NO3S2. The van der Waals surface area contributed by atoms with Gasteiger partial charge in [-0.05, 0) is 55.7 Å². The van der Waals surface area contributed by atoms with Crippen LogP contribution in [0, 0.1) is 24.7 Å². The van der Waals surface area contributed by atoms with Gasteiger partial charge in [0, 0.05) is 10.4 Å². The van der Waals surface area contributed by atoms with Crippen molar-refractivity contribution in [3.8, 4) is 11.8 Å². The molecule has 0 saturated carbocycles. The van der Waals surface area contributed by atoms with Gasteiger partial charge in [-0.2, -0.15) is 0 Å². The first-order valence-corrected chi connectivity index (χ1v) is 9.91. The zero-order valence-electron chi connectivity index (χ0n) is 14.4. The lowest BCUT2D eigenvalue weighted by atomic mass is 10.1. The van der Waals surface area contributed by atoms with Gasteiger partial charge in [0.2, 0.25) is 0 Å². The minimum absolute atomic E-state index is 0.198. The minimum atomic E-state index is -1.57. The lowest BCUT2D eigenvalue weighted by molar-refractivity contribution is -0.139. The number of aryl methyl sites for hydroxylation is 1. The molecule has 2 N–H and O–H groups in total. The van der Waals surface area contributed by atoms with Gasteiger partial charge in [-0.15, -0.1) is 11.3 Å². The molecule has 2 aromatic rings. The van der Waals surface area contributed by atoms with Crippen molar-refractivity contribution in [2.75, 3.05) is 0 Å². The molecule has 0 aliphatic rings. The third kappa shape index (κ3) is 6.13. The van der Waals surface area contributed by atoms with E-state index < -0.39 is 23.0 Å². The Morgan fingerprint density at radius 2 is 1.88 bits per heavy atom. The summed E-state index contributed by atoms with van der Waals surface area (Å²) in [6, 6.07) is 10.2. The van der Waals surface area contributed by atoms with E-state index in [9.17, 15) is 14.1 Å². The molecule has 2 rings (SSSR count). The topological polar surface area (TPSA) is 66.4 Å². The summed E-state index contributed by atoms with van der Waals surface area (Å²) in [5.74, 6) is 5.38. The largest absolute Gasteiger partial charge is 0.480 e. The van der Waals surface area contributed by atoms with Gasteiger partial charge in [-0.1, -0.05) is 25.7 Å². The third-order valence-corrected chi connectivity index (χ3v) is 5.51. The molecule has 0 fully saturated rings. The molecule has 6 heteroatoms. The summed E-state index contributed by atoms with van der Waals surface area (Å²) < 4.78 is 15.0. The fourth-order valence-electron chi connectivity index (χ4n) is 2.17. The van der Waals surface area contributed by atoms with Gasteiger partial charge in [0.15, 0.2) is 0 Å². The quantitative estimate of drug-likeness (QED) is 0.759. The zero-order valence-corrected chi connectivity index (χ0v) is 16.0. The molecule has 0 aliphatic carbocycles. The molecule has 1 aromatic heterocycles. The molecule has 132 valence electrons. The van der Waals surface area contributed by atoms with Crippen molar-refractivity contribution in [1.82, 2.24) is 4.72 Å². The molecule has 1 heterocycles. The molecule has 2 unspecified atom stereocenters. The predicted octanol–water partition coefficient (Wildman–Crippen LogP) is 3.57. The zero-order chi connectivity index (χ0) is 18.4. The van der Waals surface area contributed by atoms with Crippen LogP contribution < -0.4 is 4.72 Å². The number of benzene rings is 1. The van der Waals surface area contributed by atoms with E-state index >= 15 is 0 Å². The first-order valence-electron chi connectivity index (χ1n) is 7.94. The first kappa shape index (κ1) is 19.4. The smallest absolute Gasteiger partial charge is 0.321 e. The highest BCUT2D eigenvalue weighted by Gasteiger charge is 2.21. The number of hydrogen-bond acceptors (Lipinski definition) is 3. The van der Waals surface area contributed by atoms with Gasteiger partial charge in [-0.3, -0.25) is 4.79 Å².